The number of morpholine rings is 1. The Morgan fingerprint density at radius 1 is 1.00 bits per heavy atom. The van der Waals surface area contributed by atoms with E-state index < -0.39 is 0 Å². The number of nitrogens with one attached hydrogen (secondary N) is 2. The Balaban J connectivity index is 1.59. The molecular weight excluding hydrogens is 331 g/mol. The summed E-state index contributed by atoms with van der Waals surface area (Å²) in [5, 5.41) is 6.47. The number of hydrogen-bond donors (Lipinski definition) is 2. The van der Waals surface area contributed by atoms with Gasteiger partial charge in [-0.05, 0) is 17.7 Å². The average Bonchev–Trinajstić information content (AvgIpc) is 2.70. The standard InChI is InChI=1S/C20H25FN4O/c1-22-20(23-14-16-6-2-4-8-18(16)21)24-15-17-7-3-5-9-19(17)25-10-12-26-13-11-25/h2-9H,10-15H2,1H3,(H2,22,23,24). The lowest BCUT2D eigenvalue weighted by atomic mass is 10.1. The summed E-state index contributed by atoms with van der Waals surface area (Å²) in [6.45, 7) is 4.34. The van der Waals surface area contributed by atoms with Gasteiger partial charge < -0.3 is 20.3 Å². The Hall–Kier alpha value is -2.60. The number of aliphatic imine (C=N–C) groups is 1. The molecule has 1 saturated heterocycles. The third-order valence-corrected chi connectivity index (χ3v) is 4.42. The zero-order valence-electron chi connectivity index (χ0n) is 15.0. The van der Waals surface area contributed by atoms with Crippen LogP contribution in [0.25, 0.3) is 0 Å². The van der Waals surface area contributed by atoms with E-state index in [1.165, 1.54) is 17.3 Å². The van der Waals surface area contributed by atoms with E-state index in [-0.39, 0.29) is 5.82 Å². The lowest BCUT2D eigenvalue weighted by Crippen LogP contribution is -2.39. The molecule has 0 unspecified atom stereocenters. The minimum atomic E-state index is -0.215. The zero-order chi connectivity index (χ0) is 18.2. The van der Waals surface area contributed by atoms with Crippen LogP contribution in [-0.4, -0.2) is 39.3 Å². The molecule has 1 aliphatic heterocycles. The Morgan fingerprint density at radius 2 is 1.62 bits per heavy atom. The molecule has 138 valence electrons. The van der Waals surface area contributed by atoms with Gasteiger partial charge in [0.25, 0.3) is 0 Å². The molecule has 0 spiro atoms. The van der Waals surface area contributed by atoms with E-state index in [0.29, 0.717) is 24.6 Å². The number of nitrogens with zero attached hydrogens (tertiary/aromatic N) is 2. The molecule has 0 aliphatic carbocycles. The number of rotatable bonds is 5. The number of ether oxygens (including phenoxy) is 1. The van der Waals surface area contributed by atoms with Gasteiger partial charge in [0.2, 0.25) is 0 Å². The Morgan fingerprint density at radius 3 is 2.31 bits per heavy atom. The van der Waals surface area contributed by atoms with Crippen molar-refractivity contribution in [3.05, 3.63) is 65.5 Å². The quantitative estimate of drug-likeness (QED) is 0.639. The van der Waals surface area contributed by atoms with E-state index in [0.717, 1.165) is 26.3 Å². The van der Waals surface area contributed by atoms with Crippen LogP contribution < -0.4 is 15.5 Å². The first-order chi connectivity index (χ1) is 12.8. The molecule has 1 heterocycles. The number of guanidine groups is 1. The zero-order valence-corrected chi connectivity index (χ0v) is 15.0. The summed E-state index contributed by atoms with van der Waals surface area (Å²) >= 11 is 0. The van der Waals surface area contributed by atoms with E-state index in [9.17, 15) is 4.39 Å². The largest absolute Gasteiger partial charge is 0.378 e. The second-order valence-electron chi connectivity index (χ2n) is 6.10. The fourth-order valence-corrected chi connectivity index (χ4v) is 2.99. The summed E-state index contributed by atoms with van der Waals surface area (Å²) in [7, 11) is 1.71. The normalized spacial score (nSPS) is 15.0. The van der Waals surface area contributed by atoms with Crippen molar-refractivity contribution in [3.63, 3.8) is 0 Å². The van der Waals surface area contributed by atoms with Crippen LogP contribution in [0.3, 0.4) is 0 Å². The van der Waals surface area contributed by atoms with Crippen molar-refractivity contribution in [1.29, 1.82) is 0 Å². The third-order valence-electron chi connectivity index (χ3n) is 4.42. The fourth-order valence-electron chi connectivity index (χ4n) is 2.99. The molecule has 26 heavy (non-hydrogen) atoms. The maximum atomic E-state index is 13.7. The van der Waals surface area contributed by atoms with Gasteiger partial charge in [-0.3, -0.25) is 4.99 Å². The van der Waals surface area contributed by atoms with Crippen LogP contribution in [0.1, 0.15) is 11.1 Å². The van der Waals surface area contributed by atoms with Gasteiger partial charge in [-0.2, -0.15) is 0 Å². The smallest absolute Gasteiger partial charge is 0.191 e. The highest BCUT2D eigenvalue weighted by atomic mass is 19.1. The molecule has 1 fully saturated rings. The molecule has 1 aliphatic rings. The molecule has 0 bridgehead atoms. The Kier molecular flexibility index (Phi) is 6.44. The number of halogens is 1. The van der Waals surface area contributed by atoms with Gasteiger partial charge in [0.05, 0.1) is 13.2 Å². The van der Waals surface area contributed by atoms with Crippen LogP contribution in [-0.2, 0) is 17.8 Å². The molecule has 0 atom stereocenters. The van der Waals surface area contributed by atoms with Crippen molar-refractivity contribution >= 4 is 11.6 Å². The summed E-state index contributed by atoms with van der Waals surface area (Å²) in [4.78, 5) is 6.57. The SMILES string of the molecule is CN=C(NCc1ccccc1F)NCc1ccccc1N1CCOCC1. The van der Waals surface area contributed by atoms with E-state index >= 15 is 0 Å². The fraction of sp³-hybridized carbons (Fsp3) is 0.350. The molecule has 5 nitrogen and oxygen atoms in total. The number of benzene rings is 2. The molecular formula is C20H25FN4O. The molecule has 2 aromatic carbocycles. The molecule has 0 radical (unpaired) electrons. The molecule has 6 heteroatoms. The second-order valence-corrected chi connectivity index (χ2v) is 6.10. The van der Waals surface area contributed by atoms with Crippen LogP contribution in [0.15, 0.2) is 53.5 Å². The Bertz CT molecular complexity index is 744. The van der Waals surface area contributed by atoms with E-state index in [1.807, 2.05) is 12.1 Å². The van der Waals surface area contributed by atoms with Crippen molar-refractivity contribution in [3.8, 4) is 0 Å². The van der Waals surface area contributed by atoms with Gasteiger partial charge in [0.1, 0.15) is 5.82 Å². The lowest BCUT2D eigenvalue weighted by Gasteiger charge is -2.30. The van der Waals surface area contributed by atoms with Crippen molar-refractivity contribution < 1.29 is 9.13 Å². The van der Waals surface area contributed by atoms with Crippen LogP contribution >= 0.6 is 0 Å². The highest BCUT2D eigenvalue weighted by Gasteiger charge is 2.14. The highest BCUT2D eigenvalue weighted by molar-refractivity contribution is 5.79. The van der Waals surface area contributed by atoms with Crippen LogP contribution in [0.2, 0.25) is 0 Å². The molecule has 2 N–H and O–H groups in total. The van der Waals surface area contributed by atoms with Gasteiger partial charge in [-0.1, -0.05) is 36.4 Å². The van der Waals surface area contributed by atoms with Crippen LogP contribution in [0, 0.1) is 5.82 Å². The predicted octanol–water partition coefficient (Wildman–Crippen LogP) is 2.53. The maximum absolute atomic E-state index is 13.7. The summed E-state index contributed by atoms with van der Waals surface area (Å²) in [6.07, 6.45) is 0. The van der Waals surface area contributed by atoms with E-state index in [2.05, 4.69) is 38.7 Å². The first-order valence-corrected chi connectivity index (χ1v) is 8.86. The molecule has 2 aromatic rings. The van der Waals surface area contributed by atoms with E-state index in [4.69, 9.17) is 4.74 Å². The molecule has 0 saturated carbocycles. The van der Waals surface area contributed by atoms with Crippen molar-refractivity contribution in [2.24, 2.45) is 4.99 Å². The van der Waals surface area contributed by atoms with Gasteiger partial charge in [0.15, 0.2) is 5.96 Å². The molecule has 0 aromatic heterocycles. The summed E-state index contributed by atoms with van der Waals surface area (Å²) < 4.78 is 19.2. The summed E-state index contributed by atoms with van der Waals surface area (Å²) in [5.74, 6) is 0.429. The molecule has 3 rings (SSSR count). The van der Waals surface area contributed by atoms with E-state index in [1.54, 1.807) is 19.2 Å². The van der Waals surface area contributed by atoms with Gasteiger partial charge >= 0.3 is 0 Å². The first-order valence-electron chi connectivity index (χ1n) is 8.86. The van der Waals surface area contributed by atoms with Gasteiger partial charge in [0, 0.05) is 44.5 Å². The van der Waals surface area contributed by atoms with Crippen LogP contribution in [0.4, 0.5) is 10.1 Å². The van der Waals surface area contributed by atoms with Crippen molar-refractivity contribution in [1.82, 2.24) is 10.6 Å². The number of anilines is 1. The maximum Gasteiger partial charge on any atom is 0.191 e. The third kappa shape index (κ3) is 4.73. The second kappa shape index (κ2) is 9.20. The number of hydrogen-bond acceptors (Lipinski definition) is 3. The number of para-hydroxylation sites is 1. The van der Waals surface area contributed by atoms with Gasteiger partial charge in [-0.25, -0.2) is 4.39 Å². The summed E-state index contributed by atoms with van der Waals surface area (Å²) in [5.41, 5.74) is 3.03. The predicted molar refractivity (Wildman–Crippen MR) is 103 cm³/mol. The van der Waals surface area contributed by atoms with Gasteiger partial charge in [-0.15, -0.1) is 0 Å². The van der Waals surface area contributed by atoms with Crippen molar-refractivity contribution in [2.45, 2.75) is 13.1 Å². The molecule has 0 amide bonds. The topological polar surface area (TPSA) is 48.9 Å². The summed E-state index contributed by atoms with van der Waals surface area (Å²) in [6, 6.07) is 15.1. The Labute approximate surface area is 153 Å². The van der Waals surface area contributed by atoms with Crippen molar-refractivity contribution in [2.75, 3.05) is 38.3 Å². The highest BCUT2D eigenvalue weighted by Crippen LogP contribution is 2.21. The first kappa shape index (κ1) is 18.2. The lowest BCUT2D eigenvalue weighted by molar-refractivity contribution is 0.122. The van der Waals surface area contributed by atoms with Crippen LogP contribution in [0.5, 0.6) is 0 Å². The minimum absolute atomic E-state index is 0.215. The monoisotopic (exact) mass is 356 g/mol. The average molecular weight is 356 g/mol. The minimum Gasteiger partial charge on any atom is -0.378 e.